The zero-order valence-corrected chi connectivity index (χ0v) is 15.3. The van der Waals surface area contributed by atoms with Crippen LogP contribution in [0.3, 0.4) is 0 Å². The molecule has 26 heavy (non-hydrogen) atoms. The highest BCUT2D eigenvalue weighted by Gasteiger charge is 2.15. The van der Waals surface area contributed by atoms with Gasteiger partial charge in [0, 0.05) is 11.8 Å². The van der Waals surface area contributed by atoms with E-state index in [4.69, 9.17) is 4.98 Å². The van der Waals surface area contributed by atoms with Crippen LogP contribution < -0.4 is 5.32 Å². The Bertz CT molecular complexity index is 869. The number of aryl methyl sites for hydroxylation is 1. The fourth-order valence-electron chi connectivity index (χ4n) is 2.65. The van der Waals surface area contributed by atoms with Crippen LogP contribution in [0, 0.1) is 6.92 Å². The van der Waals surface area contributed by atoms with Crippen LogP contribution in [-0.2, 0) is 11.3 Å². The summed E-state index contributed by atoms with van der Waals surface area (Å²) < 4.78 is 0. The van der Waals surface area contributed by atoms with Crippen molar-refractivity contribution in [3.05, 3.63) is 60.0 Å². The van der Waals surface area contributed by atoms with E-state index in [1.54, 1.807) is 6.20 Å². The zero-order chi connectivity index (χ0) is 18.5. The Labute approximate surface area is 153 Å². The molecule has 0 atom stereocenters. The number of aromatic nitrogens is 3. The average Bonchev–Trinajstić information content (AvgIpc) is 3.05. The van der Waals surface area contributed by atoms with Gasteiger partial charge in [0.05, 0.1) is 30.2 Å². The van der Waals surface area contributed by atoms with Crippen molar-refractivity contribution < 1.29 is 4.79 Å². The Kier molecular flexibility index (Phi) is 5.43. The van der Waals surface area contributed by atoms with E-state index in [1.807, 2.05) is 49.3 Å². The van der Waals surface area contributed by atoms with Gasteiger partial charge in [-0.1, -0.05) is 35.9 Å². The first-order chi connectivity index (χ1) is 12.5. The third-order valence-corrected chi connectivity index (χ3v) is 3.91. The molecule has 1 amide bonds. The molecule has 2 aromatic heterocycles. The summed E-state index contributed by atoms with van der Waals surface area (Å²) in [5, 5.41) is 2.89. The van der Waals surface area contributed by atoms with Gasteiger partial charge in [-0.15, -0.1) is 0 Å². The molecular formula is C20H23N5O. The summed E-state index contributed by atoms with van der Waals surface area (Å²) in [6.07, 6.45) is 1.76. The van der Waals surface area contributed by atoms with Crippen LogP contribution in [0.5, 0.6) is 0 Å². The Morgan fingerprint density at radius 1 is 1.15 bits per heavy atom. The summed E-state index contributed by atoms with van der Waals surface area (Å²) in [5.74, 6) is 0.663. The highest BCUT2D eigenvalue weighted by atomic mass is 16.2. The molecule has 0 spiro atoms. The Morgan fingerprint density at radius 2 is 1.92 bits per heavy atom. The van der Waals surface area contributed by atoms with Gasteiger partial charge in [-0.3, -0.25) is 9.78 Å². The lowest BCUT2D eigenvalue weighted by Gasteiger charge is -2.08. The number of nitrogens with zero attached hydrogens (tertiary/aromatic N) is 3. The highest BCUT2D eigenvalue weighted by Crippen LogP contribution is 2.29. The third kappa shape index (κ3) is 4.34. The Balaban J connectivity index is 1.90. The average molecular weight is 349 g/mol. The molecule has 0 bridgehead atoms. The van der Waals surface area contributed by atoms with Crippen molar-refractivity contribution in [2.45, 2.75) is 13.5 Å². The molecule has 0 fully saturated rings. The monoisotopic (exact) mass is 349 g/mol. The van der Waals surface area contributed by atoms with Crippen molar-refractivity contribution in [2.75, 3.05) is 20.6 Å². The van der Waals surface area contributed by atoms with Gasteiger partial charge in [-0.2, -0.15) is 0 Å². The van der Waals surface area contributed by atoms with E-state index >= 15 is 0 Å². The highest BCUT2D eigenvalue weighted by molar-refractivity contribution is 5.78. The molecule has 0 saturated carbocycles. The summed E-state index contributed by atoms with van der Waals surface area (Å²) in [6.45, 7) is 2.75. The molecule has 1 aromatic carbocycles. The summed E-state index contributed by atoms with van der Waals surface area (Å²) >= 11 is 0. The molecule has 6 nitrogen and oxygen atoms in total. The number of imidazole rings is 1. The number of benzene rings is 1. The van der Waals surface area contributed by atoms with Crippen LogP contribution in [0.1, 0.15) is 11.4 Å². The molecule has 134 valence electrons. The standard InChI is InChI=1S/C20H23N5O/c1-14-7-9-15(10-8-14)19-20(16-6-4-5-11-21-16)24-17(23-19)12-22-18(26)13-25(2)3/h4-11H,12-13H2,1-3H3,(H,22,26)(H,23,24). The van der Waals surface area contributed by atoms with Crippen LogP contribution >= 0.6 is 0 Å². The predicted octanol–water partition coefficient (Wildman–Crippen LogP) is 2.62. The van der Waals surface area contributed by atoms with Gasteiger partial charge in [-0.05, 0) is 33.2 Å². The van der Waals surface area contributed by atoms with Crippen molar-refractivity contribution in [3.8, 4) is 22.6 Å². The second-order valence-corrected chi connectivity index (χ2v) is 6.50. The molecule has 0 aliphatic rings. The van der Waals surface area contributed by atoms with Crippen LogP contribution in [0.4, 0.5) is 0 Å². The van der Waals surface area contributed by atoms with E-state index in [1.165, 1.54) is 5.56 Å². The fraction of sp³-hybridized carbons (Fsp3) is 0.250. The number of rotatable bonds is 6. The number of pyridine rings is 1. The molecule has 2 N–H and O–H groups in total. The van der Waals surface area contributed by atoms with Crippen molar-refractivity contribution in [2.24, 2.45) is 0 Å². The molecular weight excluding hydrogens is 326 g/mol. The van der Waals surface area contributed by atoms with Crippen LogP contribution in [-0.4, -0.2) is 46.4 Å². The molecule has 0 saturated heterocycles. The second-order valence-electron chi connectivity index (χ2n) is 6.50. The molecule has 6 heteroatoms. The summed E-state index contributed by atoms with van der Waals surface area (Å²) in [4.78, 5) is 26.2. The van der Waals surface area contributed by atoms with Crippen LogP contribution in [0.2, 0.25) is 0 Å². The van der Waals surface area contributed by atoms with Gasteiger partial charge in [0.1, 0.15) is 5.82 Å². The number of nitrogens with one attached hydrogen (secondary N) is 2. The van der Waals surface area contributed by atoms with Crippen LogP contribution in [0.25, 0.3) is 22.6 Å². The van der Waals surface area contributed by atoms with E-state index in [9.17, 15) is 4.79 Å². The normalized spacial score (nSPS) is 10.9. The van der Waals surface area contributed by atoms with Gasteiger partial charge < -0.3 is 15.2 Å². The topological polar surface area (TPSA) is 73.9 Å². The number of hydrogen-bond acceptors (Lipinski definition) is 4. The third-order valence-electron chi connectivity index (χ3n) is 3.91. The van der Waals surface area contributed by atoms with Gasteiger partial charge >= 0.3 is 0 Å². The van der Waals surface area contributed by atoms with Crippen molar-refractivity contribution in [1.82, 2.24) is 25.2 Å². The summed E-state index contributed by atoms with van der Waals surface area (Å²) in [7, 11) is 3.72. The number of carbonyl (C=O) groups is 1. The maximum absolute atomic E-state index is 11.9. The SMILES string of the molecule is Cc1ccc(-c2nc(CNC(=O)CN(C)C)[nH]c2-c2ccccn2)cc1. The fourth-order valence-corrected chi connectivity index (χ4v) is 2.65. The van der Waals surface area contributed by atoms with E-state index in [-0.39, 0.29) is 5.91 Å². The Hall–Kier alpha value is -2.99. The molecule has 3 aromatic rings. The maximum atomic E-state index is 11.9. The van der Waals surface area contributed by atoms with Crippen LogP contribution in [0.15, 0.2) is 48.7 Å². The van der Waals surface area contributed by atoms with Crippen molar-refractivity contribution in [3.63, 3.8) is 0 Å². The van der Waals surface area contributed by atoms with Gasteiger partial charge in [0.2, 0.25) is 5.91 Å². The smallest absolute Gasteiger partial charge is 0.234 e. The molecule has 0 unspecified atom stereocenters. The summed E-state index contributed by atoms with van der Waals surface area (Å²) in [6, 6.07) is 14.0. The van der Waals surface area contributed by atoms with Gasteiger partial charge in [-0.25, -0.2) is 4.98 Å². The largest absolute Gasteiger partial charge is 0.348 e. The second kappa shape index (κ2) is 7.93. The first kappa shape index (κ1) is 17.8. The molecule has 3 rings (SSSR count). The molecule has 0 aliphatic carbocycles. The van der Waals surface area contributed by atoms with E-state index in [2.05, 4.69) is 34.3 Å². The lowest BCUT2D eigenvalue weighted by atomic mass is 10.1. The number of H-pyrrole nitrogens is 1. The maximum Gasteiger partial charge on any atom is 0.234 e. The zero-order valence-electron chi connectivity index (χ0n) is 15.3. The Morgan fingerprint density at radius 3 is 2.58 bits per heavy atom. The van der Waals surface area contributed by atoms with E-state index < -0.39 is 0 Å². The minimum atomic E-state index is -0.0392. The minimum absolute atomic E-state index is 0.0392. The van der Waals surface area contributed by atoms with Crippen molar-refractivity contribution in [1.29, 1.82) is 0 Å². The lowest BCUT2D eigenvalue weighted by molar-refractivity contribution is -0.121. The quantitative estimate of drug-likeness (QED) is 0.717. The lowest BCUT2D eigenvalue weighted by Crippen LogP contribution is -2.33. The minimum Gasteiger partial charge on any atom is -0.348 e. The number of carbonyl (C=O) groups excluding carboxylic acids is 1. The molecule has 0 aliphatic heterocycles. The van der Waals surface area contributed by atoms with E-state index in [0.29, 0.717) is 18.9 Å². The molecule has 0 radical (unpaired) electrons. The summed E-state index contributed by atoms with van der Waals surface area (Å²) in [5.41, 5.74) is 4.71. The van der Waals surface area contributed by atoms with Gasteiger partial charge in [0.15, 0.2) is 0 Å². The first-order valence-electron chi connectivity index (χ1n) is 8.51. The van der Waals surface area contributed by atoms with E-state index in [0.717, 1.165) is 22.6 Å². The number of hydrogen-bond donors (Lipinski definition) is 2. The first-order valence-corrected chi connectivity index (χ1v) is 8.51. The number of likely N-dealkylation sites (N-methyl/N-ethyl adjacent to an activating group) is 1. The molecule has 2 heterocycles. The van der Waals surface area contributed by atoms with Crippen molar-refractivity contribution >= 4 is 5.91 Å². The number of amides is 1. The predicted molar refractivity (Wildman–Crippen MR) is 102 cm³/mol. The van der Waals surface area contributed by atoms with Gasteiger partial charge in [0.25, 0.3) is 0 Å². The number of aromatic amines is 1.